The van der Waals surface area contributed by atoms with Crippen LogP contribution >= 0.6 is 24.8 Å². The van der Waals surface area contributed by atoms with Crippen LogP contribution in [0, 0.1) is 0 Å². The molecule has 0 atom stereocenters. The molecule has 0 amide bonds. The van der Waals surface area contributed by atoms with Gasteiger partial charge in [0.2, 0.25) is 0 Å². The van der Waals surface area contributed by atoms with Crippen LogP contribution < -0.4 is 0 Å². The third kappa shape index (κ3) is 4.73. The molecule has 0 fully saturated rings. The Hall–Kier alpha value is -0.448. The zero-order valence-corrected chi connectivity index (χ0v) is 9.22. The van der Waals surface area contributed by atoms with Gasteiger partial charge in [0.1, 0.15) is 0 Å². The third-order valence-corrected chi connectivity index (χ3v) is 1.88. The van der Waals surface area contributed by atoms with Crippen LogP contribution in [0.25, 0.3) is 11.1 Å². The van der Waals surface area contributed by atoms with E-state index >= 15 is 0 Å². The molecule has 3 heteroatoms. The Morgan fingerprint density at radius 3 is 1.00 bits per heavy atom. The first-order chi connectivity index (χ1) is 5.97. The molecule has 15 heavy (non-hydrogen) atoms. The molecule has 0 aliphatic heterocycles. The van der Waals surface area contributed by atoms with Crippen molar-refractivity contribution in [3.8, 4) is 11.1 Å². The van der Waals surface area contributed by atoms with Gasteiger partial charge in [-0.15, -0.1) is 24.8 Å². The van der Waals surface area contributed by atoms with E-state index in [0.717, 1.165) is 0 Å². The van der Waals surface area contributed by atoms with Gasteiger partial charge in [0.25, 0.3) is 0 Å². The van der Waals surface area contributed by atoms with Crippen LogP contribution in [0.5, 0.6) is 0 Å². The Labute approximate surface area is 114 Å². The molecule has 2 rings (SSSR count). The maximum Gasteiger partial charge on any atom is 0.187 e. The van der Waals surface area contributed by atoms with Crippen molar-refractivity contribution in [3.63, 3.8) is 0 Å². The summed E-state index contributed by atoms with van der Waals surface area (Å²) in [5, 5.41) is 0. The highest BCUT2D eigenvalue weighted by molar-refractivity contribution is 5.85. The van der Waals surface area contributed by atoms with E-state index in [1.54, 1.807) is 0 Å². The van der Waals surface area contributed by atoms with Crippen LogP contribution in [-0.4, -0.2) is 17.4 Å². The first-order valence-electron chi connectivity index (χ1n) is 4.07. The minimum absolute atomic E-state index is 0. The maximum atomic E-state index is 2.12. The number of benzene rings is 2. The Morgan fingerprint density at radius 2 is 0.733 bits per heavy atom. The highest BCUT2D eigenvalue weighted by Gasteiger charge is 1.91. The quantitative estimate of drug-likeness (QED) is 0.689. The standard InChI is InChI=1S/C12H10.Al.2ClH.3H/c1-3-7-11(8-4-1)12-9-5-2-6-10-12;;;;;;/h1-10H;;2*1H;;;. The van der Waals surface area contributed by atoms with Gasteiger partial charge in [-0.1, -0.05) is 60.7 Å². The van der Waals surface area contributed by atoms with Crippen molar-refractivity contribution in [2.75, 3.05) is 0 Å². The van der Waals surface area contributed by atoms with Gasteiger partial charge in [0, 0.05) is 0 Å². The van der Waals surface area contributed by atoms with E-state index in [-0.39, 0.29) is 42.2 Å². The molecule has 0 N–H and O–H groups in total. The highest BCUT2D eigenvalue weighted by atomic mass is 35.5. The van der Waals surface area contributed by atoms with Crippen molar-refractivity contribution in [2.24, 2.45) is 0 Å². The summed E-state index contributed by atoms with van der Waals surface area (Å²) in [4.78, 5) is 0. The molecule has 0 bridgehead atoms. The summed E-state index contributed by atoms with van der Waals surface area (Å²) in [6, 6.07) is 20.8. The first kappa shape index (κ1) is 17.0. The molecule has 0 aliphatic carbocycles. The molecule has 0 nitrogen and oxygen atoms in total. The van der Waals surface area contributed by atoms with Crippen molar-refractivity contribution in [2.45, 2.75) is 0 Å². The number of hydrogen-bond acceptors (Lipinski definition) is 0. The largest absolute Gasteiger partial charge is 0.187 e. The number of halogens is 2. The van der Waals surface area contributed by atoms with Crippen LogP contribution in [0.2, 0.25) is 0 Å². The summed E-state index contributed by atoms with van der Waals surface area (Å²) < 4.78 is 0. The SMILES string of the molecule is Cl.Cl.[AlH3].c1ccc(-c2ccccc2)cc1. The molecule has 0 unspecified atom stereocenters. The molecular weight excluding hydrogens is 242 g/mol. The third-order valence-electron chi connectivity index (χ3n) is 1.88. The number of rotatable bonds is 1. The Kier molecular flexibility index (Phi) is 9.98. The van der Waals surface area contributed by atoms with E-state index in [9.17, 15) is 0 Å². The molecule has 0 aromatic heterocycles. The lowest BCUT2D eigenvalue weighted by atomic mass is 10.1. The second-order valence-corrected chi connectivity index (χ2v) is 2.73. The minimum atomic E-state index is 0. The molecule has 0 saturated heterocycles. The summed E-state index contributed by atoms with van der Waals surface area (Å²) in [6.45, 7) is 0. The molecule has 2 aromatic rings. The minimum Gasteiger partial charge on any atom is -0.147 e. The fourth-order valence-electron chi connectivity index (χ4n) is 1.26. The predicted octanol–water partition coefficient (Wildman–Crippen LogP) is 3.01. The van der Waals surface area contributed by atoms with Crippen molar-refractivity contribution < 1.29 is 0 Å². The van der Waals surface area contributed by atoms with Crippen LogP contribution in [0.3, 0.4) is 0 Å². The van der Waals surface area contributed by atoms with Crippen molar-refractivity contribution in [3.05, 3.63) is 60.7 Å². The Bertz CT molecular complexity index is 311. The van der Waals surface area contributed by atoms with Crippen LogP contribution in [0.4, 0.5) is 0 Å². The van der Waals surface area contributed by atoms with Gasteiger partial charge in [0.15, 0.2) is 17.4 Å². The Morgan fingerprint density at radius 1 is 0.467 bits per heavy atom. The van der Waals surface area contributed by atoms with Gasteiger partial charge in [0.05, 0.1) is 0 Å². The monoisotopic (exact) mass is 256 g/mol. The van der Waals surface area contributed by atoms with Gasteiger partial charge in [-0.3, -0.25) is 0 Å². The molecule has 0 radical (unpaired) electrons. The van der Waals surface area contributed by atoms with E-state index in [2.05, 4.69) is 48.5 Å². The summed E-state index contributed by atoms with van der Waals surface area (Å²) in [5.74, 6) is 0. The van der Waals surface area contributed by atoms with Gasteiger partial charge in [-0.25, -0.2) is 0 Å². The van der Waals surface area contributed by atoms with E-state index in [4.69, 9.17) is 0 Å². The van der Waals surface area contributed by atoms with Crippen molar-refractivity contribution in [1.29, 1.82) is 0 Å². The van der Waals surface area contributed by atoms with Crippen molar-refractivity contribution in [1.82, 2.24) is 0 Å². The second-order valence-electron chi connectivity index (χ2n) is 2.73. The summed E-state index contributed by atoms with van der Waals surface area (Å²) in [6.07, 6.45) is 0. The van der Waals surface area contributed by atoms with Gasteiger partial charge >= 0.3 is 0 Å². The first-order valence-corrected chi connectivity index (χ1v) is 4.07. The zero-order chi connectivity index (χ0) is 8.23. The fourth-order valence-corrected chi connectivity index (χ4v) is 1.26. The fraction of sp³-hybridized carbons (Fsp3) is 0. The average molecular weight is 257 g/mol. The lowest BCUT2D eigenvalue weighted by Crippen LogP contribution is -1.73. The normalized spacial score (nSPS) is 7.73. The van der Waals surface area contributed by atoms with Crippen LogP contribution in [0.1, 0.15) is 0 Å². The average Bonchev–Trinajstić information content (AvgIpc) is 2.21. The van der Waals surface area contributed by atoms with Crippen molar-refractivity contribution >= 4 is 42.2 Å². The molecule has 0 heterocycles. The predicted molar refractivity (Wildman–Crippen MR) is 76.3 cm³/mol. The summed E-state index contributed by atoms with van der Waals surface area (Å²) in [7, 11) is 0. The maximum absolute atomic E-state index is 2.12. The van der Waals surface area contributed by atoms with E-state index < -0.39 is 0 Å². The van der Waals surface area contributed by atoms with E-state index in [0.29, 0.717) is 0 Å². The summed E-state index contributed by atoms with van der Waals surface area (Å²) in [5.41, 5.74) is 2.55. The molecule has 2 aromatic carbocycles. The molecule has 80 valence electrons. The molecule has 0 saturated carbocycles. The summed E-state index contributed by atoms with van der Waals surface area (Å²) >= 11 is 0. The van der Waals surface area contributed by atoms with Gasteiger partial charge in [-0.05, 0) is 11.1 Å². The number of hydrogen-bond donors (Lipinski definition) is 0. The lowest BCUT2D eigenvalue weighted by molar-refractivity contribution is 1.62. The van der Waals surface area contributed by atoms with E-state index in [1.807, 2.05) is 12.1 Å². The lowest BCUT2D eigenvalue weighted by Gasteiger charge is -1.98. The molecule has 0 aliphatic rings. The van der Waals surface area contributed by atoms with Gasteiger partial charge < -0.3 is 0 Å². The second kappa shape index (κ2) is 8.83. The zero-order valence-electron chi connectivity index (χ0n) is 7.59. The topological polar surface area (TPSA) is 0 Å². The molecule has 0 spiro atoms. The van der Waals surface area contributed by atoms with Gasteiger partial charge in [-0.2, -0.15) is 0 Å². The molecular formula is C12H15AlCl2. The smallest absolute Gasteiger partial charge is 0.147 e. The van der Waals surface area contributed by atoms with E-state index in [1.165, 1.54) is 11.1 Å². The van der Waals surface area contributed by atoms with Crippen LogP contribution in [0.15, 0.2) is 60.7 Å². The highest BCUT2D eigenvalue weighted by Crippen LogP contribution is 2.17. The van der Waals surface area contributed by atoms with Crippen LogP contribution in [-0.2, 0) is 0 Å². The Balaban J connectivity index is 0.